The van der Waals surface area contributed by atoms with Crippen molar-refractivity contribution in [3.8, 4) is 0 Å². The summed E-state index contributed by atoms with van der Waals surface area (Å²) >= 11 is 0. The number of hydrogen-bond acceptors (Lipinski definition) is 4. The Bertz CT molecular complexity index is 750. The van der Waals surface area contributed by atoms with E-state index in [1.54, 1.807) is 0 Å². The predicted molar refractivity (Wildman–Crippen MR) is 116 cm³/mol. The molecule has 2 amide bonds. The van der Waals surface area contributed by atoms with Gasteiger partial charge in [-0.1, -0.05) is 6.07 Å². The largest absolute Gasteiger partial charge is 0.357 e. The number of carbonyl (C=O) groups excluding carboxylic acids is 2. The van der Waals surface area contributed by atoms with E-state index >= 15 is 0 Å². The number of nitrogens with one attached hydrogen (secondary N) is 2. The summed E-state index contributed by atoms with van der Waals surface area (Å²) in [6.07, 6.45) is 11.9. The van der Waals surface area contributed by atoms with E-state index in [4.69, 9.17) is 0 Å². The molecule has 4 bridgehead atoms. The standard InChI is InChI=1S/C24H34N4O2/c29-22(27-16-17-3-4-21(26-15-17)28-7-1-2-8-28)5-6-25-23(30)24-12-18-9-19(13-24)11-20(10-18)14-24/h3-4,15,18-20H,1-2,5-14,16H2,(H,25,30)(H,27,29). The lowest BCUT2D eigenvalue weighted by Crippen LogP contribution is -2.53. The minimum Gasteiger partial charge on any atom is -0.357 e. The molecule has 5 aliphatic rings. The summed E-state index contributed by atoms with van der Waals surface area (Å²) in [7, 11) is 0. The van der Waals surface area contributed by atoms with Crippen LogP contribution in [0.4, 0.5) is 5.82 Å². The first-order chi connectivity index (χ1) is 14.6. The fourth-order valence-corrected chi connectivity index (χ4v) is 6.81. The van der Waals surface area contributed by atoms with E-state index in [0.29, 0.717) is 19.5 Å². The van der Waals surface area contributed by atoms with Crippen molar-refractivity contribution in [2.75, 3.05) is 24.5 Å². The molecule has 30 heavy (non-hydrogen) atoms. The highest BCUT2D eigenvalue weighted by Gasteiger charge is 2.54. The molecule has 2 N–H and O–H groups in total. The molecule has 1 aliphatic heterocycles. The zero-order valence-electron chi connectivity index (χ0n) is 17.9. The van der Waals surface area contributed by atoms with Gasteiger partial charge in [0.15, 0.2) is 0 Å². The monoisotopic (exact) mass is 410 g/mol. The van der Waals surface area contributed by atoms with Crippen LogP contribution in [0, 0.1) is 23.2 Å². The molecule has 1 saturated heterocycles. The van der Waals surface area contributed by atoms with Crippen LogP contribution in [0.1, 0.15) is 63.4 Å². The van der Waals surface area contributed by atoms with Crippen LogP contribution in [0.25, 0.3) is 0 Å². The van der Waals surface area contributed by atoms with Crippen LogP contribution in [-0.4, -0.2) is 36.4 Å². The first kappa shape index (κ1) is 19.8. The summed E-state index contributed by atoms with van der Waals surface area (Å²) in [4.78, 5) is 32.0. The van der Waals surface area contributed by atoms with Crippen molar-refractivity contribution in [2.45, 2.75) is 64.3 Å². The lowest BCUT2D eigenvalue weighted by Gasteiger charge is -2.55. The van der Waals surface area contributed by atoms with Gasteiger partial charge in [-0.2, -0.15) is 0 Å². The summed E-state index contributed by atoms with van der Waals surface area (Å²) in [5, 5.41) is 6.04. The smallest absolute Gasteiger partial charge is 0.226 e. The highest BCUT2D eigenvalue weighted by atomic mass is 16.2. The van der Waals surface area contributed by atoms with E-state index in [-0.39, 0.29) is 17.2 Å². The Morgan fingerprint density at radius 1 is 1.00 bits per heavy atom. The van der Waals surface area contributed by atoms with Crippen molar-refractivity contribution in [3.63, 3.8) is 0 Å². The lowest BCUT2D eigenvalue weighted by molar-refractivity contribution is -0.146. The highest BCUT2D eigenvalue weighted by molar-refractivity contribution is 5.84. The van der Waals surface area contributed by atoms with E-state index in [1.807, 2.05) is 18.3 Å². The zero-order chi connectivity index (χ0) is 20.6. The van der Waals surface area contributed by atoms with Crippen molar-refractivity contribution in [1.82, 2.24) is 15.6 Å². The van der Waals surface area contributed by atoms with Gasteiger partial charge in [0.25, 0.3) is 0 Å². The summed E-state index contributed by atoms with van der Waals surface area (Å²) in [6.45, 7) is 3.07. The van der Waals surface area contributed by atoms with Gasteiger partial charge in [0.2, 0.25) is 11.8 Å². The van der Waals surface area contributed by atoms with E-state index in [0.717, 1.165) is 61.5 Å². The maximum Gasteiger partial charge on any atom is 0.226 e. The van der Waals surface area contributed by atoms with E-state index in [9.17, 15) is 9.59 Å². The molecule has 0 unspecified atom stereocenters. The second-order valence-electron chi connectivity index (χ2n) is 10.2. The van der Waals surface area contributed by atoms with Crippen molar-refractivity contribution in [1.29, 1.82) is 0 Å². The molecule has 0 spiro atoms. The molecule has 4 aliphatic carbocycles. The molecular formula is C24H34N4O2. The summed E-state index contributed by atoms with van der Waals surface area (Å²) in [6, 6.07) is 4.08. The molecule has 6 nitrogen and oxygen atoms in total. The van der Waals surface area contributed by atoms with E-state index < -0.39 is 0 Å². The average molecular weight is 411 g/mol. The van der Waals surface area contributed by atoms with Crippen molar-refractivity contribution >= 4 is 17.6 Å². The van der Waals surface area contributed by atoms with Crippen molar-refractivity contribution in [2.24, 2.45) is 23.2 Å². The van der Waals surface area contributed by atoms with Gasteiger partial charge in [0.05, 0.1) is 0 Å². The molecular weight excluding hydrogens is 376 g/mol. The highest BCUT2D eigenvalue weighted by Crippen LogP contribution is 2.60. The fraction of sp³-hybridized carbons (Fsp3) is 0.708. The van der Waals surface area contributed by atoms with Crippen LogP contribution in [0.3, 0.4) is 0 Å². The molecule has 5 fully saturated rings. The number of hydrogen-bond donors (Lipinski definition) is 2. The third kappa shape index (κ3) is 4.06. The molecule has 6 rings (SSSR count). The van der Waals surface area contributed by atoms with Crippen LogP contribution in [0.15, 0.2) is 18.3 Å². The van der Waals surface area contributed by atoms with E-state index in [2.05, 4.69) is 20.5 Å². The Morgan fingerprint density at radius 3 is 2.27 bits per heavy atom. The van der Waals surface area contributed by atoms with Crippen LogP contribution >= 0.6 is 0 Å². The van der Waals surface area contributed by atoms with Gasteiger partial charge in [-0.25, -0.2) is 4.98 Å². The quantitative estimate of drug-likeness (QED) is 0.725. The van der Waals surface area contributed by atoms with E-state index in [1.165, 1.54) is 32.1 Å². The molecule has 2 heterocycles. The molecule has 4 saturated carbocycles. The first-order valence-corrected chi connectivity index (χ1v) is 11.8. The zero-order valence-corrected chi connectivity index (χ0v) is 17.9. The van der Waals surface area contributed by atoms with Gasteiger partial charge in [0.1, 0.15) is 5.82 Å². The third-order valence-electron chi connectivity index (χ3n) is 7.89. The van der Waals surface area contributed by atoms with Crippen molar-refractivity contribution in [3.05, 3.63) is 23.9 Å². The normalized spacial score (nSPS) is 31.7. The summed E-state index contributed by atoms with van der Waals surface area (Å²) < 4.78 is 0. The van der Waals surface area contributed by atoms with Gasteiger partial charge in [0, 0.05) is 44.2 Å². The Hall–Kier alpha value is -2.11. The Kier molecular flexibility index (Phi) is 5.42. The molecule has 1 aromatic rings. The Labute approximate surface area is 179 Å². The van der Waals surface area contributed by atoms with Crippen LogP contribution in [-0.2, 0) is 16.1 Å². The maximum absolute atomic E-state index is 12.9. The van der Waals surface area contributed by atoms with Gasteiger partial charge in [-0.05, 0) is 80.8 Å². The van der Waals surface area contributed by atoms with Gasteiger partial charge in [-0.3, -0.25) is 9.59 Å². The van der Waals surface area contributed by atoms with Crippen molar-refractivity contribution < 1.29 is 9.59 Å². The topological polar surface area (TPSA) is 74.3 Å². The number of amides is 2. The predicted octanol–water partition coefficient (Wildman–Crippen LogP) is 3.02. The number of nitrogens with zero attached hydrogens (tertiary/aromatic N) is 2. The van der Waals surface area contributed by atoms with Gasteiger partial charge < -0.3 is 15.5 Å². The Balaban J connectivity index is 1.04. The second-order valence-corrected chi connectivity index (χ2v) is 10.2. The molecule has 0 radical (unpaired) electrons. The SMILES string of the molecule is O=C(CCNC(=O)C12CC3CC(CC(C3)C1)C2)NCc1ccc(N2CCCC2)nc1. The van der Waals surface area contributed by atoms with Gasteiger partial charge in [-0.15, -0.1) is 0 Å². The third-order valence-corrected chi connectivity index (χ3v) is 7.89. The van der Waals surface area contributed by atoms with Crippen LogP contribution in [0.2, 0.25) is 0 Å². The van der Waals surface area contributed by atoms with Crippen LogP contribution < -0.4 is 15.5 Å². The number of aromatic nitrogens is 1. The number of carbonyl (C=O) groups is 2. The minimum absolute atomic E-state index is 0.0237. The number of rotatable bonds is 7. The average Bonchev–Trinajstić information content (AvgIpc) is 3.26. The minimum atomic E-state index is -0.131. The summed E-state index contributed by atoms with van der Waals surface area (Å²) in [5.41, 5.74) is 0.873. The molecule has 162 valence electrons. The number of pyridine rings is 1. The van der Waals surface area contributed by atoms with Crippen LogP contribution in [0.5, 0.6) is 0 Å². The van der Waals surface area contributed by atoms with Gasteiger partial charge >= 0.3 is 0 Å². The second kappa shape index (κ2) is 8.20. The molecule has 0 aromatic carbocycles. The molecule has 6 heteroatoms. The Morgan fingerprint density at radius 2 is 1.67 bits per heavy atom. The lowest BCUT2D eigenvalue weighted by atomic mass is 9.49. The molecule has 1 aromatic heterocycles. The summed E-state index contributed by atoms with van der Waals surface area (Å²) in [5.74, 6) is 3.48. The first-order valence-electron chi connectivity index (χ1n) is 11.8. The number of anilines is 1. The molecule has 0 atom stereocenters. The maximum atomic E-state index is 12.9. The fourth-order valence-electron chi connectivity index (χ4n) is 6.81.